The summed E-state index contributed by atoms with van der Waals surface area (Å²) in [5.74, 6) is -0.262. The number of carbonyl (C=O) groups is 1. The molecule has 6 heteroatoms. The first-order chi connectivity index (χ1) is 5.88. The third kappa shape index (κ3) is 1.86. The van der Waals surface area contributed by atoms with Crippen LogP contribution in [0.2, 0.25) is 0 Å². The zero-order valence-corrected chi connectivity index (χ0v) is 8.94. The first-order valence-corrected chi connectivity index (χ1v) is 6.03. The fourth-order valence-electron chi connectivity index (χ4n) is 1.11. The van der Waals surface area contributed by atoms with Crippen LogP contribution in [0.1, 0.15) is 6.92 Å². The number of hydrogen-bond acceptors (Lipinski definition) is 3. The summed E-state index contributed by atoms with van der Waals surface area (Å²) < 4.78 is 23.0. The molecule has 1 amide bonds. The van der Waals surface area contributed by atoms with Crippen LogP contribution in [0.15, 0.2) is 11.1 Å². The second kappa shape index (κ2) is 3.31. The van der Waals surface area contributed by atoms with Crippen molar-refractivity contribution in [2.75, 3.05) is 18.7 Å². The highest BCUT2D eigenvalue weighted by atomic mass is 35.5. The van der Waals surface area contributed by atoms with Crippen molar-refractivity contribution in [3.63, 3.8) is 0 Å². The Kier molecular flexibility index (Phi) is 2.68. The number of amides is 1. The van der Waals surface area contributed by atoms with Crippen molar-refractivity contribution in [2.45, 2.75) is 6.92 Å². The van der Waals surface area contributed by atoms with Gasteiger partial charge in [-0.05, 0) is 12.5 Å². The van der Waals surface area contributed by atoms with E-state index in [0.717, 1.165) is 10.6 Å². The Balaban J connectivity index is 3.01. The van der Waals surface area contributed by atoms with Crippen LogP contribution in [-0.4, -0.2) is 37.3 Å². The molecule has 1 aliphatic rings. The summed E-state index contributed by atoms with van der Waals surface area (Å²) in [7, 11) is -3.44. The molecule has 1 aliphatic heterocycles. The largest absolute Gasteiger partial charge is 0.268 e. The molecule has 0 saturated carbocycles. The number of nitrogens with zero attached hydrogens (tertiary/aromatic N) is 1. The van der Waals surface area contributed by atoms with E-state index < -0.39 is 15.9 Å². The lowest BCUT2D eigenvalue weighted by atomic mass is 10.2. The first kappa shape index (κ1) is 10.5. The van der Waals surface area contributed by atoms with E-state index >= 15 is 0 Å². The molecule has 0 aromatic rings. The Morgan fingerprint density at radius 2 is 2.08 bits per heavy atom. The molecular formula is C7H10ClNO3S. The molecule has 0 bridgehead atoms. The SMILES string of the molecule is CC1=C(CCl)CN(S(C)(=O)=O)C1=O. The molecule has 74 valence electrons. The smallest absolute Gasteiger partial charge is 0.263 e. The minimum Gasteiger partial charge on any atom is -0.268 e. The van der Waals surface area contributed by atoms with Gasteiger partial charge in [-0.3, -0.25) is 4.79 Å². The van der Waals surface area contributed by atoms with E-state index in [4.69, 9.17) is 11.6 Å². The van der Waals surface area contributed by atoms with E-state index in [9.17, 15) is 13.2 Å². The normalized spacial score (nSPS) is 18.7. The van der Waals surface area contributed by atoms with Gasteiger partial charge in [0.1, 0.15) is 0 Å². The Hall–Kier alpha value is -0.550. The van der Waals surface area contributed by atoms with E-state index in [1.54, 1.807) is 6.92 Å². The first-order valence-electron chi connectivity index (χ1n) is 3.64. The summed E-state index contributed by atoms with van der Waals surface area (Å²) in [4.78, 5) is 11.4. The Bertz CT molecular complexity index is 371. The third-order valence-corrected chi connectivity index (χ3v) is 3.39. The zero-order chi connectivity index (χ0) is 10.2. The molecule has 0 atom stereocenters. The summed E-state index contributed by atoms with van der Waals surface area (Å²) in [5, 5.41) is 0. The number of halogens is 1. The standard InChI is InChI=1S/C7H10ClNO3S/c1-5-6(3-8)4-9(7(5)10)13(2,11)12/h3-4H2,1-2H3. The van der Waals surface area contributed by atoms with Gasteiger partial charge in [0.2, 0.25) is 10.0 Å². The van der Waals surface area contributed by atoms with Gasteiger partial charge >= 0.3 is 0 Å². The fourth-order valence-corrected chi connectivity index (χ4v) is 2.23. The highest BCUT2D eigenvalue weighted by Gasteiger charge is 2.32. The molecule has 0 unspecified atom stereocenters. The van der Waals surface area contributed by atoms with Crippen molar-refractivity contribution in [1.82, 2.24) is 4.31 Å². The number of alkyl halides is 1. The Morgan fingerprint density at radius 3 is 2.31 bits per heavy atom. The maximum Gasteiger partial charge on any atom is 0.263 e. The van der Waals surface area contributed by atoms with Crippen LogP contribution in [0.4, 0.5) is 0 Å². The molecule has 0 aliphatic carbocycles. The van der Waals surface area contributed by atoms with Crippen LogP contribution in [0.5, 0.6) is 0 Å². The van der Waals surface area contributed by atoms with Crippen LogP contribution < -0.4 is 0 Å². The quantitative estimate of drug-likeness (QED) is 0.635. The lowest BCUT2D eigenvalue weighted by Crippen LogP contribution is -2.32. The topological polar surface area (TPSA) is 54.5 Å². The van der Waals surface area contributed by atoms with Gasteiger partial charge in [-0.1, -0.05) is 0 Å². The predicted molar refractivity (Wildman–Crippen MR) is 50.0 cm³/mol. The molecule has 0 N–H and O–H groups in total. The highest BCUT2D eigenvalue weighted by molar-refractivity contribution is 7.88. The average Bonchev–Trinajstić information content (AvgIpc) is 2.28. The Labute approximate surface area is 82.2 Å². The van der Waals surface area contributed by atoms with E-state index in [2.05, 4.69) is 0 Å². The van der Waals surface area contributed by atoms with Crippen molar-refractivity contribution in [2.24, 2.45) is 0 Å². The average molecular weight is 224 g/mol. The summed E-state index contributed by atoms with van der Waals surface area (Å²) in [6.07, 6.45) is 1.01. The molecule has 1 heterocycles. The molecule has 0 fully saturated rings. The van der Waals surface area contributed by atoms with Crippen LogP contribution >= 0.6 is 11.6 Å². The van der Waals surface area contributed by atoms with Gasteiger partial charge in [-0.25, -0.2) is 12.7 Å². The third-order valence-electron chi connectivity index (χ3n) is 1.97. The minimum atomic E-state index is -3.44. The molecular weight excluding hydrogens is 214 g/mol. The van der Waals surface area contributed by atoms with E-state index in [1.807, 2.05) is 0 Å². The van der Waals surface area contributed by atoms with Gasteiger partial charge in [-0.15, -0.1) is 11.6 Å². The van der Waals surface area contributed by atoms with E-state index in [-0.39, 0.29) is 12.4 Å². The number of rotatable bonds is 2. The van der Waals surface area contributed by atoms with Crippen molar-refractivity contribution in [3.8, 4) is 0 Å². The molecule has 4 nitrogen and oxygen atoms in total. The lowest BCUT2D eigenvalue weighted by molar-refractivity contribution is -0.121. The van der Waals surface area contributed by atoms with Gasteiger partial charge in [0.15, 0.2) is 0 Å². The minimum absolute atomic E-state index is 0.104. The number of sulfonamides is 1. The fraction of sp³-hybridized carbons (Fsp3) is 0.571. The van der Waals surface area contributed by atoms with Crippen molar-refractivity contribution in [3.05, 3.63) is 11.1 Å². The van der Waals surface area contributed by atoms with Crippen LogP contribution in [0.3, 0.4) is 0 Å². The summed E-state index contributed by atoms with van der Waals surface area (Å²) in [6.45, 7) is 1.69. The predicted octanol–water partition coefficient (Wildman–Crippen LogP) is 0.344. The van der Waals surface area contributed by atoms with Crippen LogP contribution in [-0.2, 0) is 14.8 Å². The molecule has 1 rings (SSSR count). The molecule has 0 radical (unpaired) electrons. The molecule has 0 aromatic carbocycles. The van der Waals surface area contributed by atoms with Gasteiger partial charge in [0.25, 0.3) is 5.91 Å². The van der Waals surface area contributed by atoms with Gasteiger partial charge in [-0.2, -0.15) is 0 Å². The van der Waals surface area contributed by atoms with Crippen LogP contribution in [0, 0.1) is 0 Å². The second-order valence-electron chi connectivity index (χ2n) is 2.94. The zero-order valence-electron chi connectivity index (χ0n) is 7.37. The number of hydrogen-bond donors (Lipinski definition) is 0. The summed E-state index contributed by atoms with van der Waals surface area (Å²) in [6, 6.07) is 0. The summed E-state index contributed by atoms with van der Waals surface area (Å²) in [5.41, 5.74) is 1.12. The Morgan fingerprint density at radius 1 is 1.54 bits per heavy atom. The monoisotopic (exact) mass is 223 g/mol. The summed E-state index contributed by atoms with van der Waals surface area (Å²) >= 11 is 5.55. The molecule has 0 aromatic heterocycles. The molecule has 13 heavy (non-hydrogen) atoms. The number of carbonyl (C=O) groups excluding carboxylic acids is 1. The highest BCUT2D eigenvalue weighted by Crippen LogP contribution is 2.21. The van der Waals surface area contributed by atoms with E-state index in [1.165, 1.54) is 0 Å². The van der Waals surface area contributed by atoms with Crippen molar-refractivity contribution in [1.29, 1.82) is 0 Å². The van der Waals surface area contributed by atoms with Crippen LogP contribution in [0.25, 0.3) is 0 Å². The van der Waals surface area contributed by atoms with Gasteiger partial charge in [0, 0.05) is 11.5 Å². The molecule has 0 saturated heterocycles. The molecule has 0 spiro atoms. The van der Waals surface area contributed by atoms with Crippen molar-refractivity contribution < 1.29 is 13.2 Å². The van der Waals surface area contributed by atoms with Gasteiger partial charge < -0.3 is 0 Å². The van der Waals surface area contributed by atoms with E-state index in [0.29, 0.717) is 11.1 Å². The van der Waals surface area contributed by atoms with Gasteiger partial charge in [0.05, 0.1) is 12.8 Å². The lowest BCUT2D eigenvalue weighted by Gasteiger charge is -2.12. The van der Waals surface area contributed by atoms with Crippen molar-refractivity contribution >= 4 is 27.5 Å². The maximum absolute atomic E-state index is 11.4. The maximum atomic E-state index is 11.4. The second-order valence-corrected chi connectivity index (χ2v) is 5.11.